The van der Waals surface area contributed by atoms with Crippen molar-refractivity contribution < 1.29 is 9.18 Å². The molecule has 1 atom stereocenters. The highest BCUT2D eigenvalue weighted by Crippen LogP contribution is 2.16. The van der Waals surface area contributed by atoms with E-state index in [-0.39, 0.29) is 30.7 Å². The molecule has 0 saturated carbocycles. The maximum atomic E-state index is 13.4. The van der Waals surface area contributed by atoms with E-state index in [4.69, 9.17) is 5.73 Å². The standard InChI is InChI=1S/C11H14BrFN2O.ClH/c1-7(14)11(16)15(2)6-8-5-9(12)3-4-10(8)13;/h3-5,7H,6,14H2,1-2H3;1H/t7-;/m0./s1. The Balaban J connectivity index is 0.00000256. The minimum absolute atomic E-state index is 0. The van der Waals surface area contributed by atoms with Gasteiger partial charge in [0.2, 0.25) is 5.91 Å². The lowest BCUT2D eigenvalue weighted by atomic mass is 10.2. The first-order valence-corrected chi connectivity index (χ1v) is 5.65. The predicted octanol–water partition coefficient (Wildman–Crippen LogP) is 2.32. The first-order valence-electron chi connectivity index (χ1n) is 4.86. The van der Waals surface area contributed by atoms with Gasteiger partial charge in [-0.25, -0.2) is 4.39 Å². The molecule has 1 aromatic carbocycles. The molecular weight excluding hydrogens is 310 g/mol. The van der Waals surface area contributed by atoms with Crippen molar-refractivity contribution in [1.29, 1.82) is 0 Å². The molecule has 17 heavy (non-hydrogen) atoms. The molecule has 0 spiro atoms. The van der Waals surface area contributed by atoms with Crippen molar-refractivity contribution in [2.45, 2.75) is 19.5 Å². The molecule has 96 valence electrons. The zero-order valence-corrected chi connectivity index (χ0v) is 12.0. The lowest BCUT2D eigenvalue weighted by Gasteiger charge is -2.19. The molecule has 0 saturated heterocycles. The molecule has 1 aromatic rings. The van der Waals surface area contributed by atoms with Crippen molar-refractivity contribution in [1.82, 2.24) is 4.90 Å². The van der Waals surface area contributed by atoms with Crippen LogP contribution in [0.4, 0.5) is 4.39 Å². The number of likely N-dealkylation sites (N-methyl/N-ethyl adjacent to an activating group) is 1. The van der Waals surface area contributed by atoms with Gasteiger partial charge in [0.1, 0.15) is 5.82 Å². The van der Waals surface area contributed by atoms with Crippen LogP contribution in [0.2, 0.25) is 0 Å². The molecule has 3 nitrogen and oxygen atoms in total. The van der Waals surface area contributed by atoms with Gasteiger partial charge in [-0.3, -0.25) is 4.79 Å². The van der Waals surface area contributed by atoms with Gasteiger partial charge in [-0.2, -0.15) is 0 Å². The zero-order valence-electron chi connectivity index (χ0n) is 9.61. The van der Waals surface area contributed by atoms with Crippen molar-refractivity contribution in [2.75, 3.05) is 7.05 Å². The van der Waals surface area contributed by atoms with Crippen LogP contribution in [0.5, 0.6) is 0 Å². The van der Waals surface area contributed by atoms with Crippen LogP contribution in [0.15, 0.2) is 22.7 Å². The van der Waals surface area contributed by atoms with Gasteiger partial charge in [0.05, 0.1) is 6.04 Å². The number of amides is 1. The number of rotatable bonds is 3. The third-order valence-corrected chi connectivity index (χ3v) is 2.67. The maximum absolute atomic E-state index is 13.4. The number of nitrogens with zero attached hydrogens (tertiary/aromatic N) is 1. The number of carbonyl (C=O) groups is 1. The van der Waals surface area contributed by atoms with Crippen molar-refractivity contribution in [3.63, 3.8) is 0 Å². The lowest BCUT2D eigenvalue weighted by molar-refractivity contribution is -0.131. The minimum Gasteiger partial charge on any atom is -0.340 e. The molecule has 0 unspecified atom stereocenters. The molecule has 0 aromatic heterocycles. The summed E-state index contributed by atoms with van der Waals surface area (Å²) in [5.41, 5.74) is 5.93. The number of carbonyl (C=O) groups excluding carboxylic acids is 1. The Morgan fingerprint density at radius 1 is 1.59 bits per heavy atom. The second-order valence-electron chi connectivity index (χ2n) is 3.72. The Hall–Kier alpha value is -0.650. The molecule has 2 N–H and O–H groups in total. The first-order chi connectivity index (χ1) is 7.41. The molecule has 0 bridgehead atoms. The fourth-order valence-electron chi connectivity index (χ4n) is 1.35. The zero-order chi connectivity index (χ0) is 12.3. The molecular formula is C11H15BrClFN2O. The van der Waals surface area contributed by atoms with Crippen LogP contribution >= 0.6 is 28.3 Å². The van der Waals surface area contributed by atoms with Gasteiger partial charge in [0.15, 0.2) is 0 Å². The molecule has 0 fully saturated rings. The molecule has 6 heteroatoms. The maximum Gasteiger partial charge on any atom is 0.239 e. The van der Waals surface area contributed by atoms with E-state index >= 15 is 0 Å². The van der Waals surface area contributed by atoms with E-state index in [2.05, 4.69) is 15.9 Å². The highest BCUT2D eigenvalue weighted by molar-refractivity contribution is 9.10. The molecule has 0 radical (unpaired) electrons. The largest absolute Gasteiger partial charge is 0.340 e. The Bertz CT molecular complexity index is 401. The number of hydrogen-bond acceptors (Lipinski definition) is 2. The summed E-state index contributed by atoms with van der Waals surface area (Å²) in [6.45, 7) is 1.82. The summed E-state index contributed by atoms with van der Waals surface area (Å²) in [5, 5.41) is 0. The van der Waals surface area contributed by atoms with E-state index in [0.717, 1.165) is 4.47 Å². The van der Waals surface area contributed by atoms with Gasteiger partial charge in [-0.1, -0.05) is 15.9 Å². The fourth-order valence-corrected chi connectivity index (χ4v) is 1.75. The fraction of sp³-hybridized carbons (Fsp3) is 0.364. The first kappa shape index (κ1) is 16.4. The quantitative estimate of drug-likeness (QED) is 0.927. The van der Waals surface area contributed by atoms with Gasteiger partial charge in [0.25, 0.3) is 0 Å². The highest BCUT2D eigenvalue weighted by Gasteiger charge is 2.15. The lowest BCUT2D eigenvalue weighted by Crippen LogP contribution is -2.39. The second-order valence-corrected chi connectivity index (χ2v) is 4.63. The number of halogens is 3. The summed E-state index contributed by atoms with van der Waals surface area (Å²) in [6.07, 6.45) is 0. The molecule has 1 amide bonds. The van der Waals surface area contributed by atoms with Crippen molar-refractivity contribution in [2.24, 2.45) is 5.73 Å². The summed E-state index contributed by atoms with van der Waals surface area (Å²) in [4.78, 5) is 12.9. The van der Waals surface area contributed by atoms with Crippen LogP contribution in [-0.4, -0.2) is 23.9 Å². The van der Waals surface area contributed by atoms with Crippen LogP contribution < -0.4 is 5.73 Å². The normalized spacial score (nSPS) is 11.6. The van der Waals surface area contributed by atoms with Crippen molar-refractivity contribution in [3.05, 3.63) is 34.1 Å². The van der Waals surface area contributed by atoms with E-state index in [1.807, 2.05) is 0 Å². The molecule has 0 aliphatic carbocycles. The van der Waals surface area contributed by atoms with Crippen LogP contribution in [-0.2, 0) is 11.3 Å². The molecule has 0 heterocycles. The third-order valence-electron chi connectivity index (χ3n) is 2.18. The van der Waals surface area contributed by atoms with E-state index in [1.165, 1.54) is 11.0 Å². The van der Waals surface area contributed by atoms with E-state index in [1.54, 1.807) is 26.1 Å². The second kappa shape index (κ2) is 6.93. The van der Waals surface area contributed by atoms with Gasteiger partial charge < -0.3 is 10.6 Å². The van der Waals surface area contributed by atoms with E-state index in [9.17, 15) is 9.18 Å². The number of nitrogens with two attached hydrogens (primary N) is 1. The van der Waals surface area contributed by atoms with Crippen LogP contribution in [0, 0.1) is 5.82 Å². The van der Waals surface area contributed by atoms with Gasteiger partial charge in [0, 0.05) is 23.6 Å². The highest BCUT2D eigenvalue weighted by atomic mass is 79.9. The average Bonchev–Trinajstić information content (AvgIpc) is 2.22. The van der Waals surface area contributed by atoms with E-state index < -0.39 is 6.04 Å². The molecule has 0 aliphatic heterocycles. The van der Waals surface area contributed by atoms with Crippen molar-refractivity contribution >= 4 is 34.2 Å². The summed E-state index contributed by atoms with van der Waals surface area (Å²) in [5.74, 6) is -0.535. The molecule has 0 aliphatic rings. The topological polar surface area (TPSA) is 46.3 Å². The molecule has 1 rings (SSSR count). The number of hydrogen-bond donors (Lipinski definition) is 1. The Kier molecular flexibility index (Phi) is 6.67. The summed E-state index contributed by atoms with van der Waals surface area (Å²) < 4.78 is 14.2. The summed E-state index contributed by atoms with van der Waals surface area (Å²) in [6, 6.07) is 4.07. The minimum atomic E-state index is -0.569. The number of benzene rings is 1. The van der Waals surface area contributed by atoms with E-state index in [0.29, 0.717) is 5.56 Å². The monoisotopic (exact) mass is 324 g/mol. The SMILES string of the molecule is C[C@H](N)C(=O)N(C)Cc1cc(Br)ccc1F.Cl. The van der Waals surface area contributed by atoms with Gasteiger partial charge in [-0.05, 0) is 25.1 Å². The van der Waals surface area contributed by atoms with Gasteiger partial charge >= 0.3 is 0 Å². The average molecular weight is 326 g/mol. The van der Waals surface area contributed by atoms with Crippen molar-refractivity contribution in [3.8, 4) is 0 Å². The Morgan fingerprint density at radius 2 is 2.18 bits per heavy atom. The van der Waals surface area contributed by atoms with Crippen LogP contribution in [0.1, 0.15) is 12.5 Å². The third kappa shape index (κ3) is 4.61. The van der Waals surface area contributed by atoms with Crippen LogP contribution in [0.25, 0.3) is 0 Å². The summed E-state index contributed by atoms with van der Waals surface area (Å²) in [7, 11) is 1.60. The summed E-state index contributed by atoms with van der Waals surface area (Å²) >= 11 is 3.26. The smallest absolute Gasteiger partial charge is 0.239 e. The predicted molar refractivity (Wildman–Crippen MR) is 71.5 cm³/mol. The van der Waals surface area contributed by atoms with Gasteiger partial charge in [-0.15, -0.1) is 12.4 Å². The Labute approximate surface area is 115 Å². The Morgan fingerprint density at radius 3 is 2.71 bits per heavy atom. The van der Waals surface area contributed by atoms with Crippen LogP contribution in [0.3, 0.4) is 0 Å².